The van der Waals surface area contributed by atoms with Gasteiger partial charge in [0.25, 0.3) is 5.91 Å². The first-order chi connectivity index (χ1) is 32.0. The third-order valence-electron chi connectivity index (χ3n) is 13.3. The Kier molecular flexibility index (Phi) is 10.7. The number of benzene rings is 3. The lowest BCUT2D eigenvalue weighted by atomic mass is 9.89. The minimum absolute atomic E-state index is 0.228. The summed E-state index contributed by atoms with van der Waals surface area (Å²) in [6.45, 7) is 4.43. The van der Waals surface area contributed by atoms with E-state index in [1.54, 1.807) is 48.3 Å². The van der Waals surface area contributed by atoms with E-state index in [1.807, 2.05) is 73.4 Å². The molecule has 66 heavy (non-hydrogen) atoms. The Hall–Kier alpha value is -7.95. The van der Waals surface area contributed by atoms with Gasteiger partial charge in [0.1, 0.15) is 12.1 Å². The summed E-state index contributed by atoms with van der Waals surface area (Å²) in [5, 5.41) is 15.1. The van der Waals surface area contributed by atoms with Crippen LogP contribution in [0.15, 0.2) is 102 Å². The maximum absolute atomic E-state index is 13.9. The molecule has 7 aromatic rings. The number of imide groups is 1. The van der Waals surface area contributed by atoms with E-state index < -0.39 is 5.92 Å². The van der Waals surface area contributed by atoms with E-state index >= 15 is 0 Å². The van der Waals surface area contributed by atoms with Crippen LogP contribution in [0.3, 0.4) is 0 Å². The summed E-state index contributed by atoms with van der Waals surface area (Å²) < 4.78 is 4.66. The highest BCUT2D eigenvalue weighted by Crippen LogP contribution is 2.39. The molecule has 0 radical (unpaired) electrons. The molecule has 3 fully saturated rings. The number of urea groups is 1. The van der Waals surface area contributed by atoms with Crippen molar-refractivity contribution in [2.24, 2.45) is 14.1 Å². The van der Waals surface area contributed by atoms with Crippen molar-refractivity contribution in [1.29, 1.82) is 0 Å². The number of nitrogens with zero attached hydrogens (tertiary/aromatic N) is 10. The van der Waals surface area contributed by atoms with Crippen molar-refractivity contribution in [2.75, 3.05) is 47.9 Å². The summed E-state index contributed by atoms with van der Waals surface area (Å²) in [4.78, 5) is 79.6. The molecular formula is C49H48N12O5. The van der Waals surface area contributed by atoms with Crippen LogP contribution < -0.4 is 31.0 Å². The highest BCUT2D eigenvalue weighted by Gasteiger charge is 2.35. The molecule has 3 aromatic carbocycles. The third kappa shape index (κ3) is 7.35. The number of carbonyl (C=O) groups excluding carboxylic acids is 4. The Balaban J connectivity index is 0.905. The van der Waals surface area contributed by atoms with Crippen LogP contribution in [0.4, 0.5) is 22.0 Å². The molecule has 10 rings (SSSR count). The van der Waals surface area contributed by atoms with E-state index in [0.29, 0.717) is 60.1 Å². The largest absolute Gasteiger partial charge is 0.370 e. The van der Waals surface area contributed by atoms with E-state index in [4.69, 9.17) is 10.1 Å². The molecule has 1 unspecified atom stereocenters. The number of piperidine rings is 2. The number of hydrogen-bond donors (Lipinski definition) is 2. The van der Waals surface area contributed by atoms with Crippen LogP contribution in [-0.2, 0) is 23.7 Å². The van der Waals surface area contributed by atoms with E-state index in [2.05, 4.69) is 37.7 Å². The molecule has 4 aromatic heterocycles. The standard InChI is InChI=1S/C49H48N12O5/c1-29-35(17-20-51-45(29)60-24-23-59(49(60)66)34-8-5-7-32(25-34)46(63)50-2)31-12-15-40(61-28-53-57(4)48(61)65)38(26-31)39-14-11-33(27-52-39)30-18-21-58(22-19-30)41-10-6-9-36-43(55-56(3)44(36)41)37-13-16-42(62)54-47(37)64/h5-12,14-15,17,20,25-28,30,37H,13,16,18-19,21-24H2,1-4H3,(H,50,63)(H,54,62,64). The lowest BCUT2D eigenvalue weighted by molar-refractivity contribution is -0.134. The first kappa shape index (κ1) is 42.0. The lowest BCUT2D eigenvalue weighted by Gasteiger charge is -2.34. The molecule has 7 heterocycles. The lowest BCUT2D eigenvalue weighted by Crippen LogP contribution is -2.39. The second kappa shape index (κ2) is 16.9. The molecule has 5 amide bonds. The monoisotopic (exact) mass is 884 g/mol. The molecule has 0 aliphatic carbocycles. The summed E-state index contributed by atoms with van der Waals surface area (Å²) in [5.41, 5.74) is 9.30. The zero-order chi connectivity index (χ0) is 45.8. The van der Waals surface area contributed by atoms with Gasteiger partial charge in [-0.05, 0) is 103 Å². The van der Waals surface area contributed by atoms with Crippen molar-refractivity contribution in [1.82, 2.24) is 44.7 Å². The summed E-state index contributed by atoms with van der Waals surface area (Å²) >= 11 is 0. The van der Waals surface area contributed by atoms with Gasteiger partial charge in [0.05, 0.1) is 34.2 Å². The predicted molar refractivity (Wildman–Crippen MR) is 250 cm³/mol. The minimum Gasteiger partial charge on any atom is -0.370 e. The SMILES string of the molecule is CNC(=O)c1cccc(N2CCN(c3nccc(-c4ccc(-n5cnn(C)c5=O)c(-c5ccc(C6CCN(c7cccc8c(C9CCC(=O)NC9=O)nn(C)c78)CC6)cn5)c4)c3C)C2=O)c1. The second-order valence-corrected chi connectivity index (χ2v) is 17.1. The van der Waals surface area contributed by atoms with Crippen molar-refractivity contribution >= 4 is 51.8 Å². The number of aryl methyl sites for hydroxylation is 2. The number of rotatable bonds is 9. The third-order valence-corrected chi connectivity index (χ3v) is 13.3. The normalized spacial score (nSPS) is 16.9. The smallest absolute Gasteiger partial charge is 0.350 e. The number of aromatic nitrogens is 7. The van der Waals surface area contributed by atoms with Crippen LogP contribution in [0.25, 0.3) is 39.0 Å². The van der Waals surface area contributed by atoms with Gasteiger partial charge in [-0.1, -0.05) is 30.3 Å². The summed E-state index contributed by atoms with van der Waals surface area (Å²) in [6, 6.07) is 24.9. The van der Waals surface area contributed by atoms with E-state index in [-0.39, 0.29) is 35.4 Å². The van der Waals surface area contributed by atoms with Gasteiger partial charge in [-0.3, -0.25) is 39.2 Å². The Morgan fingerprint density at radius 3 is 2.35 bits per heavy atom. The molecule has 17 heteroatoms. The van der Waals surface area contributed by atoms with Crippen LogP contribution >= 0.6 is 0 Å². The fourth-order valence-electron chi connectivity index (χ4n) is 9.78. The Morgan fingerprint density at radius 1 is 0.803 bits per heavy atom. The number of fused-ring (bicyclic) bond motifs is 1. The van der Waals surface area contributed by atoms with Crippen LogP contribution in [0, 0.1) is 6.92 Å². The number of anilines is 3. The van der Waals surface area contributed by atoms with Gasteiger partial charge >= 0.3 is 11.7 Å². The number of pyridine rings is 2. The molecule has 0 bridgehead atoms. The number of para-hydroxylation sites is 1. The number of carbonyl (C=O) groups is 4. The second-order valence-electron chi connectivity index (χ2n) is 17.1. The molecule has 0 saturated carbocycles. The van der Waals surface area contributed by atoms with E-state index in [0.717, 1.165) is 70.3 Å². The van der Waals surface area contributed by atoms with Gasteiger partial charge in [0.2, 0.25) is 11.8 Å². The molecule has 3 aliphatic rings. The molecular weight excluding hydrogens is 837 g/mol. The summed E-state index contributed by atoms with van der Waals surface area (Å²) in [5.74, 6) is -0.409. The van der Waals surface area contributed by atoms with Crippen molar-refractivity contribution in [3.05, 3.63) is 130 Å². The highest BCUT2D eigenvalue weighted by atomic mass is 16.2. The predicted octanol–water partition coefficient (Wildman–Crippen LogP) is 5.60. The Labute approximate surface area is 379 Å². The minimum atomic E-state index is -0.465. The van der Waals surface area contributed by atoms with E-state index in [1.165, 1.54) is 15.6 Å². The van der Waals surface area contributed by atoms with E-state index in [9.17, 15) is 24.0 Å². The average molecular weight is 885 g/mol. The zero-order valence-corrected chi connectivity index (χ0v) is 37.1. The van der Waals surface area contributed by atoms with Gasteiger partial charge in [0, 0.05) is 88.3 Å². The molecule has 3 saturated heterocycles. The highest BCUT2D eigenvalue weighted by molar-refractivity contribution is 6.07. The number of hydrogen-bond acceptors (Lipinski definition) is 10. The van der Waals surface area contributed by atoms with Crippen LogP contribution in [0.2, 0.25) is 0 Å². The average Bonchev–Trinajstić information content (AvgIpc) is 4.01. The Morgan fingerprint density at radius 2 is 1.61 bits per heavy atom. The first-order valence-electron chi connectivity index (χ1n) is 22.1. The maximum atomic E-state index is 13.9. The van der Waals surface area contributed by atoms with Gasteiger partial charge in [-0.2, -0.15) is 10.2 Å². The van der Waals surface area contributed by atoms with Gasteiger partial charge in [0.15, 0.2) is 0 Å². The first-order valence-corrected chi connectivity index (χ1v) is 22.1. The molecule has 2 N–H and O–H groups in total. The fourth-order valence-corrected chi connectivity index (χ4v) is 9.78. The topological polar surface area (TPSA) is 185 Å². The molecule has 3 aliphatic heterocycles. The van der Waals surface area contributed by atoms with Crippen LogP contribution in [0.5, 0.6) is 0 Å². The molecule has 1 atom stereocenters. The molecule has 334 valence electrons. The zero-order valence-electron chi connectivity index (χ0n) is 37.1. The van der Waals surface area contributed by atoms with Crippen molar-refractivity contribution in [3.8, 4) is 28.1 Å². The van der Waals surface area contributed by atoms with Crippen molar-refractivity contribution in [3.63, 3.8) is 0 Å². The molecule has 17 nitrogen and oxygen atoms in total. The number of nitrogens with one attached hydrogen (secondary N) is 2. The molecule has 0 spiro atoms. The quantitative estimate of drug-likeness (QED) is 0.173. The Bertz CT molecular complexity index is 3140. The van der Waals surface area contributed by atoms with Crippen LogP contribution in [0.1, 0.15) is 64.7 Å². The fraction of sp³-hybridized carbons (Fsp3) is 0.286. The van der Waals surface area contributed by atoms with Gasteiger partial charge in [-0.15, -0.1) is 0 Å². The van der Waals surface area contributed by atoms with Crippen molar-refractivity contribution in [2.45, 2.75) is 44.4 Å². The van der Waals surface area contributed by atoms with Gasteiger partial charge < -0.3 is 10.2 Å². The van der Waals surface area contributed by atoms with Crippen LogP contribution in [-0.4, -0.2) is 91.1 Å². The van der Waals surface area contributed by atoms with Gasteiger partial charge in [-0.25, -0.2) is 23.8 Å². The number of amides is 5. The van der Waals surface area contributed by atoms with Crippen molar-refractivity contribution < 1.29 is 19.2 Å². The summed E-state index contributed by atoms with van der Waals surface area (Å²) in [6.07, 6.45) is 7.71. The summed E-state index contributed by atoms with van der Waals surface area (Å²) in [7, 11) is 5.10. The maximum Gasteiger partial charge on any atom is 0.350 e.